The van der Waals surface area contributed by atoms with Crippen LogP contribution in [0.5, 0.6) is 5.75 Å². The SMILES string of the molecule is CC1CN(Cc2cc(N)cc3c2OCOC3)CCN1C. The second kappa shape index (κ2) is 5.60. The van der Waals surface area contributed by atoms with Crippen LogP contribution in [0.15, 0.2) is 12.1 Å². The molecule has 1 aromatic rings. The number of hydrogen-bond acceptors (Lipinski definition) is 5. The molecular formula is C15H23N3O2. The minimum Gasteiger partial charge on any atom is -0.467 e. The van der Waals surface area contributed by atoms with Gasteiger partial charge in [0.05, 0.1) is 6.61 Å². The van der Waals surface area contributed by atoms with Gasteiger partial charge in [0.2, 0.25) is 0 Å². The molecule has 0 spiro atoms. The van der Waals surface area contributed by atoms with E-state index in [1.807, 2.05) is 12.1 Å². The lowest BCUT2D eigenvalue weighted by atomic mass is 10.1. The van der Waals surface area contributed by atoms with E-state index in [0.29, 0.717) is 19.4 Å². The van der Waals surface area contributed by atoms with Gasteiger partial charge in [0.25, 0.3) is 0 Å². The van der Waals surface area contributed by atoms with E-state index < -0.39 is 0 Å². The fourth-order valence-corrected chi connectivity index (χ4v) is 2.95. The number of likely N-dealkylation sites (N-methyl/N-ethyl adjacent to an activating group) is 1. The molecule has 2 N–H and O–H groups in total. The van der Waals surface area contributed by atoms with Crippen molar-refractivity contribution in [3.8, 4) is 5.75 Å². The molecule has 1 aromatic carbocycles. The second-order valence-corrected chi connectivity index (χ2v) is 5.84. The molecule has 0 aliphatic carbocycles. The number of nitrogen functional groups attached to an aromatic ring is 1. The van der Waals surface area contributed by atoms with Gasteiger partial charge in [-0.15, -0.1) is 0 Å². The van der Waals surface area contributed by atoms with Crippen LogP contribution in [-0.2, 0) is 17.9 Å². The van der Waals surface area contributed by atoms with Crippen molar-refractivity contribution in [2.75, 3.05) is 39.2 Å². The number of rotatable bonds is 2. The summed E-state index contributed by atoms with van der Waals surface area (Å²) in [6, 6.07) is 4.57. The third-order valence-electron chi connectivity index (χ3n) is 4.25. The maximum atomic E-state index is 6.00. The maximum Gasteiger partial charge on any atom is 0.189 e. The number of hydrogen-bond donors (Lipinski definition) is 1. The van der Waals surface area contributed by atoms with Crippen LogP contribution >= 0.6 is 0 Å². The lowest BCUT2D eigenvalue weighted by molar-refractivity contribution is -0.0177. The Morgan fingerprint density at radius 1 is 1.35 bits per heavy atom. The summed E-state index contributed by atoms with van der Waals surface area (Å²) in [5.74, 6) is 0.969. The Morgan fingerprint density at radius 3 is 3.00 bits per heavy atom. The Hall–Kier alpha value is -1.30. The Kier molecular flexibility index (Phi) is 3.83. The largest absolute Gasteiger partial charge is 0.467 e. The molecule has 20 heavy (non-hydrogen) atoms. The molecule has 3 rings (SSSR count). The summed E-state index contributed by atoms with van der Waals surface area (Å²) in [4.78, 5) is 4.87. The molecule has 2 aliphatic rings. The van der Waals surface area contributed by atoms with Crippen molar-refractivity contribution in [1.82, 2.24) is 9.80 Å². The van der Waals surface area contributed by atoms with Gasteiger partial charge in [-0.25, -0.2) is 0 Å². The smallest absolute Gasteiger partial charge is 0.189 e. The quantitative estimate of drug-likeness (QED) is 0.825. The molecule has 0 amide bonds. The van der Waals surface area contributed by atoms with Gasteiger partial charge in [0, 0.05) is 49.0 Å². The van der Waals surface area contributed by atoms with Crippen LogP contribution in [0.3, 0.4) is 0 Å². The van der Waals surface area contributed by atoms with Gasteiger partial charge in [-0.3, -0.25) is 4.90 Å². The van der Waals surface area contributed by atoms with Crippen LogP contribution < -0.4 is 10.5 Å². The van der Waals surface area contributed by atoms with Crippen molar-refractivity contribution in [1.29, 1.82) is 0 Å². The Bertz CT molecular complexity index is 492. The van der Waals surface area contributed by atoms with E-state index in [4.69, 9.17) is 15.2 Å². The van der Waals surface area contributed by atoms with Crippen molar-refractivity contribution in [2.45, 2.75) is 26.1 Å². The lowest BCUT2D eigenvalue weighted by Gasteiger charge is -2.38. The van der Waals surface area contributed by atoms with Crippen LogP contribution in [0.2, 0.25) is 0 Å². The highest BCUT2D eigenvalue weighted by Gasteiger charge is 2.23. The summed E-state index contributed by atoms with van der Waals surface area (Å²) in [5, 5.41) is 0. The number of nitrogens with two attached hydrogens (primary N) is 1. The third kappa shape index (κ3) is 2.75. The fraction of sp³-hybridized carbons (Fsp3) is 0.600. The number of ether oxygens (including phenoxy) is 2. The van der Waals surface area contributed by atoms with Crippen LogP contribution in [0.4, 0.5) is 5.69 Å². The highest BCUT2D eigenvalue weighted by Crippen LogP contribution is 2.32. The topological polar surface area (TPSA) is 51.0 Å². The number of nitrogens with zero attached hydrogens (tertiary/aromatic N) is 2. The van der Waals surface area contributed by atoms with Crippen molar-refractivity contribution >= 4 is 5.69 Å². The zero-order chi connectivity index (χ0) is 14.1. The van der Waals surface area contributed by atoms with Gasteiger partial charge in [-0.1, -0.05) is 0 Å². The molecule has 2 aliphatic heterocycles. The van der Waals surface area contributed by atoms with E-state index in [1.165, 1.54) is 5.56 Å². The van der Waals surface area contributed by atoms with Crippen LogP contribution in [-0.4, -0.2) is 49.3 Å². The first kappa shape index (κ1) is 13.7. The molecule has 1 unspecified atom stereocenters. The van der Waals surface area contributed by atoms with E-state index in [-0.39, 0.29) is 0 Å². The second-order valence-electron chi connectivity index (χ2n) is 5.84. The molecule has 5 heteroatoms. The first-order chi connectivity index (χ1) is 9.63. The minimum atomic E-state index is 0.336. The number of benzene rings is 1. The predicted octanol–water partition coefficient (Wildman–Crippen LogP) is 1.27. The van der Waals surface area contributed by atoms with Crippen molar-refractivity contribution < 1.29 is 9.47 Å². The first-order valence-corrected chi connectivity index (χ1v) is 7.18. The fourth-order valence-electron chi connectivity index (χ4n) is 2.95. The Balaban J connectivity index is 1.78. The standard InChI is InChI=1S/C15H23N3O2/c1-11-7-18(4-3-17(11)2)8-12-5-14(16)6-13-9-19-10-20-15(12)13/h5-6,11H,3-4,7-10,16H2,1-2H3. The molecule has 0 saturated carbocycles. The van der Waals surface area contributed by atoms with Gasteiger partial charge >= 0.3 is 0 Å². The average molecular weight is 277 g/mol. The van der Waals surface area contributed by atoms with Crippen molar-refractivity contribution in [2.24, 2.45) is 0 Å². The Labute approximate surface area is 120 Å². The number of anilines is 1. The third-order valence-corrected chi connectivity index (χ3v) is 4.25. The van der Waals surface area contributed by atoms with Gasteiger partial charge in [-0.05, 0) is 26.1 Å². The summed E-state index contributed by atoms with van der Waals surface area (Å²) in [7, 11) is 2.19. The highest BCUT2D eigenvalue weighted by molar-refractivity contribution is 5.53. The molecule has 110 valence electrons. The molecule has 1 saturated heterocycles. The minimum absolute atomic E-state index is 0.336. The average Bonchev–Trinajstić information content (AvgIpc) is 2.43. The molecule has 1 atom stereocenters. The molecule has 1 fully saturated rings. The van der Waals surface area contributed by atoms with E-state index in [1.54, 1.807) is 0 Å². The van der Waals surface area contributed by atoms with Crippen LogP contribution in [0, 0.1) is 0 Å². The number of fused-ring (bicyclic) bond motifs is 1. The maximum absolute atomic E-state index is 6.00. The predicted molar refractivity (Wildman–Crippen MR) is 78.5 cm³/mol. The van der Waals surface area contributed by atoms with Gasteiger partial charge in [0.1, 0.15) is 5.75 Å². The summed E-state index contributed by atoms with van der Waals surface area (Å²) in [5.41, 5.74) is 9.03. The van der Waals surface area contributed by atoms with Gasteiger partial charge < -0.3 is 20.1 Å². The summed E-state index contributed by atoms with van der Waals surface area (Å²) >= 11 is 0. The normalized spacial score (nSPS) is 24.2. The molecule has 0 aromatic heterocycles. The molecule has 2 heterocycles. The summed E-state index contributed by atoms with van der Waals surface area (Å²) < 4.78 is 11.0. The van der Waals surface area contributed by atoms with Crippen LogP contribution in [0.25, 0.3) is 0 Å². The van der Waals surface area contributed by atoms with E-state index >= 15 is 0 Å². The first-order valence-electron chi connectivity index (χ1n) is 7.18. The molecule has 5 nitrogen and oxygen atoms in total. The highest BCUT2D eigenvalue weighted by atomic mass is 16.7. The number of piperazine rings is 1. The summed E-state index contributed by atoms with van der Waals surface area (Å²) in [6.07, 6.45) is 0. The van der Waals surface area contributed by atoms with E-state index in [0.717, 1.165) is 43.2 Å². The van der Waals surface area contributed by atoms with Gasteiger partial charge in [-0.2, -0.15) is 0 Å². The lowest BCUT2D eigenvalue weighted by Crippen LogP contribution is -2.49. The zero-order valence-corrected chi connectivity index (χ0v) is 12.3. The molecular weight excluding hydrogens is 254 g/mol. The zero-order valence-electron chi connectivity index (χ0n) is 12.3. The van der Waals surface area contributed by atoms with E-state index in [2.05, 4.69) is 23.8 Å². The molecule has 0 radical (unpaired) electrons. The van der Waals surface area contributed by atoms with Crippen molar-refractivity contribution in [3.63, 3.8) is 0 Å². The van der Waals surface area contributed by atoms with Crippen molar-refractivity contribution in [3.05, 3.63) is 23.3 Å². The van der Waals surface area contributed by atoms with Crippen LogP contribution in [0.1, 0.15) is 18.1 Å². The van der Waals surface area contributed by atoms with Gasteiger partial charge in [0.15, 0.2) is 6.79 Å². The Morgan fingerprint density at radius 2 is 2.20 bits per heavy atom. The van der Waals surface area contributed by atoms with E-state index in [9.17, 15) is 0 Å². The summed E-state index contributed by atoms with van der Waals surface area (Å²) in [6.45, 7) is 7.36. The molecule has 0 bridgehead atoms. The monoisotopic (exact) mass is 277 g/mol.